The van der Waals surface area contributed by atoms with E-state index in [1.807, 2.05) is 32.0 Å². The van der Waals surface area contributed by atoms with E-state index in [0.717, 1.165) is 11.1 Å². The average molecular weight is 385 g/mol. The number of hydrogen-bond acceptors (Lipinski definition) is 2. The van der Waals surface area contributed by atoms with Crippen LogP contribution < -0.4 is 10.9 Å². The largest absolute Gasteiger partial charge is 0.322 e. The van der Waals surface area contributed by atoms with Crippen LogP contribution in [0.15, 0.2) is 59.5 Å². The van der Waals surface area contributed by atoms with Crippen molar-refractivity contribution in [3.05, 3.63) is 98.2 Å². The molecule has 3 rings (SSSR count). The van der Waals surface area contributed by atoms with Crippen molar-refractivity contribution in [3.8, 4) is 0 Å². The lowest BCUT2D eigenvalue weighted by Crippen LogP contribution is -2.23. The highest BCUT2D eigenvalue weighted by molar-refractivity contribution is 6.31. The number of nitrogens with one attached hydrogen (secondary N) is 1. The highest BCUT2D eigenvalue weighted by Crippen LogP contribution is 2.20. The van der Waals surface area contributed by atoms with E-state index in [0.29, 0.717) is 11.3 Å². The molecule has 0 aliphatic rings. The number of anilines is 1. The van der Waals surface area contributed by atoms with Crippen LogP contribution in [0.4, 0.5) is 10.1 Å². The molecule has 0 aliphatic heterocycles. The van der Waals surface area contributed by atoms with E-state index in [1.54, 1.807) is 6.07 Å². The molecule has 0 saturated carbocycles. The monoisotopic (exact) mass is 384 g/mol. The summed E-state index contributed by atoms with van der Waals surface area (Å²) in [5.74, 6) is -0.850. The van der Waals surface area contributed by atoms with Gasteiger partial charge in [-0.05, 0) is 49.2 Å². The van der Waals surface area contributed by atoms with Gasteiger partial charge in [-0.15, -0.1) is 0 Å². The summed E-state index contributed by atoms with van der Waals surface area (Å²) in [6, 6.07) is 12.8. The standard InChI is InChI=1S/C21H18ClFN2O2/c1-13-6-7-14(2)19(10-13)24-21(27)15-8-9-20(26)25(11-15)12-16-17(22)4-3-5-18(16)23/h3-11H,12H2,1-2H3,(H,24,27). The molecule has 1 amide bonds. The second kappa shape index (κ2) is 7.76. The molecule has 0 saturated heterocycles. The zero-order chi connectivity index (χ0) is 19.6. The molecule has 0 aliphatic carbocycles. The summed E-state index contributed by atoms with van der Waals surface area (Å²) in [5.41, 5.74) is 2.80. The van der Waals surface area contributed by atoms with Crippen LogP contribution in [0.3, 0.4) is 0 Å². The Morgan fingerprint density at radius 1 is 1.15 bits per heavy atom. The summed E-state index contributed by atoms with van der Waals surface area (Å²) in [6.07, 6.45) is 1.41. The third-order valence-corrected chi connectivity index (χ3v) is 4.63. The molecule has 0 atom stereocenters. The Morgan fingerprint density at radius 2 is 1.93 bits per heavy atom. The quantitative estimate of drug-likeness (QED) is 0.717. The molecule has 4 nitrogen and oxygen atoms in total. The number of halogens is 2. The second-order valence-corrected chi connectivity index (χ2v) is 6.76. The average Bonchev–Trinajstić information content (AvgIpc) is 2.62. The predicted molar refractivity (Wildman–Crippen MR) is 105 cm³/mol. The van der Waals surface area contributed by atoms with Gasteiger partial charge in [0.05, 0.1) is 12.1 Å². The van der Waals surface area contributed by atoms with Crippen LogP contribution in [0.25, 0.3) is 0 Å². The summed E-state index contributed by atoms with van der Waals surface area (Å²) in [4.78, 5) is 24.7. The number of aryl methyl sites for hydroxylation is 2. The minimum absolute atomic E-state index is 0.0606. The fraction of sp³-hybridized carbons (Fsp3) is 0.143. The Labute approximate surface area is 161 Å². The Balaban J connectivity index is 1.90. The fourth-order valence-electron chi connectivity index (χ4n) is 2.71. The molecule has 1 heterocycles. The van der Waals surface area contributed by atoms with Crippen molar-refractivity contribution in [1.82, 2.24) is 4.57 Å². The van der Waals surface area contributed by atoms with E-state index >= 15 is 0 Å². The number of pyridine rings is 1. The molecule has 1 N–H and O–H groups in total. The van der Waals surface area contributed by atoms with Crippen molar-refractivity contribution in [2.75, 3.05) is 5.32 Å². The lowest BCUT2D eigenvalue weighted by Gasteiger charge is -2.12. The first kappa shape index (κ1) is 18.9. The zero-order valence-electron chi connectivity index (χ0n) is 14.9. The molecule has 0 unspecified atom stereocenters. The molecule has 0 bridgehead atoms. The maximum atomic E-state index is 14.0. The van der Waals surface area contributed by atoms with Gasteiger partial charge in [-0.1, -0.05) is 29.8 Å². The second-order valence-electron chi connectivity index (χ2n) is 6.36. The van der Waals surface area contributed by atoms with Crippen molar-refractivity contribution in [2.24, 2.45) is 0 Å². The van der Waals surface area contributed by atoms with Crippen molar-refractivity contribution in [2.45, 2.75) is 20.4 Å². The molecular weight excluding hydrogens is 367 g/mol. The Morgan fingerprint density at radius 3 is 2.67 bits per heavy atom. The molecular formula is C21H18ClFN2O2. The zero-order valence-corrected chi connectivity index (χ0v) is 15.7. The van der Waals surface area contributed by atoms with E-state index in [9.17, 15) is 14.0 Å². The van der Waals surface area contributed by atoms with E-state index in [1.165, 1.54) is 35.0 Å². The van der Waals surface area contributed by atoms with Gasteiger partial charge in [0.2, 0.25) is 0 Å². The van der Waals surface area contributed by atoms with Crippen molar-refractivity contribution < 1.29 is 9.18 Å². The van der Waals surface area contributed by atoms with Gasteiger partial charge >= 0.3 is 0 Å². The van der Waals surface area contributed by atoms with Gasteiger partial charge in [0.15, 0.2) is 0 Å². The van der Waals surface area contributed by atoms with E-state index in [4.69, 9.17) is 11.6 Å². The third-order valence-electron chi connectivity index (χ3n) is 4.28. The third kappa shape index (κ3) is 4.26. The van der Waals surface area contributed by atoms with Crippen LogP contribution in [0.2, 0.25) is 5.02 Å². The van der Waals surface area contributed by atoms with Gasteiger partial charge in [-0.25, -0.2) is 4.39 Å². The number of rotatable bonds is 4. The first-order valence-electron chi connectivity index (χ1n) is 8.37. The number of aromatic nitrogens is 1. The van der Waals surface area contributed by atoms with Gasteiger partial charge in [0.25, 0.3) is 11.5 Å². The SMILES string of the molecule is Cc1ccc(C)c(NC(=O)c2ccc(=O)n(Cc3c(F)cccc3Cl)c2)c1. The van der Waals surface area contributed by atoms with Crippen LogP contribution in [0.1, 0.15) is 27.0 Å². The minimum Gasteiger partial charge on any atom is -0.322 e. The van der Waals surface area contributed by atoms with Crippen molar-refractivity contribution in [3.63, 3.8) is 0 Å². The Kier molecular flexibility index (Phi) is 5.42. The number of carbonyl (C=O) groups is 1. The smallest absolute Gasteiger partial charge is 0.257 e. The van der Waals surface area contributed by atoms with Crippen LogP contribution in [0.5, 0.6) is 0 Å². The number of carbonyl (C=O) groups excluding carboxylic acids is 1. The molecule has 2 aromatic carbocycles. The van der Waals surface area contributed by atoms with Crippen LogP contribution >= 0.6 is 11.6 Å². The molecule has 0 radical (unpaired) electrons. The highest BCUT2D eigenvalue weighted by atomic mass is 35.5. The van der Waals surface area contributed by atoms with E-state index in [2.05, 4.69) is 5.32 Å². The van der Waals surface area contributed by atoms with Crippen LogP contribution in [-0.4, -0.2) is 10.5 Å². The van der Waals surface area contributed by atoms with Crippen molar-refractivity contribution in [1.29, 1.82) is 0 Å². The van der Waals surface area contributed by atoms with Crippen molar-refractivity contribution >= 4 is 23.2 Å². The van der Waals surface area contributed by atoms with E-state index < -0.39 is 5.82 Å². The summed E-state index contributed by atoms with van der Waals surface area (Å²) < 4.78 is 15.3. The summed E-state index contributed by atoms with van der Waals surface area (Å²) >= 11 is 6.04. The summed E-state index contributed by atoms with van der Waals surface area (Å²) in [6.45, 7) is 3.78. The predicted octanol–water partition coefficient (Wildman–Crippen LogP) is 4.56. The summed E-state index contributed by atoms with van der Waals surface area (Å²) in [5, 5.41) is 3.08. The van der Waals surface area contributed by atoms with Gasteiger partial charge in [-0.2, -0.15) is 0 Å². The maximum absolute atomic E-state index is 14.0. The summed E-state index contributed by atoms with van der Waals surface area (Å²) in [7, 11) is 0. The highest BCUT2D eigenvalue weighted by Gasteiger charge is 2.12. The maximum Gasteiger partial charge on any atom is 0.257 e. The molecule has 1 aromatic heterocycles. The normalized spacial score (nSPS) is 10.7. The number of benzene rings is 2. The minimum atomic E-state index is -0.500. The van der Waals surface area contributed by atoms with Gasteiger partial charge in [-0.3, -0.25) is 9.59 Å². The molecule has 138 valence electrons. The molecule has 0 spiro atoms. The molecule has 3 aromatic rings. The lowest BCUT2D eigenvalue weighted by molar-refractivity contribution is 0.102. The number of amides is 1. The molecule has 27 heavy (non-hydrogen) atoms. The molecule has 0 fully saturated rings. The first-order valence-corrected chi connectivity index (χ1v) is 8.75. The van der Waals surface area contributed by atoms with Gasteiger partial charge in [0.1, 0.15) is 5.82 Å². The number of hydrogen-bond donors (Lipinski definition) is 1. The first-order chi connectivity index (χ1) is 12.8. The number of nitrogens with zero attached hydrogens (tertiary/aromatic N) is 1. The van der Waals surface area contributed by atoms with Crippen LogP contribution in [-0.2, 0) is 6.54 Å². The Bertz CT molecular complexity index is 1060. The van der Waals surface area contributed by atoms with E-state index in [-0.39, 0.29) is 28.6 Å². The Hall–Kier alpha value is -2.92. The fourth-order valence-corrected chi connectivity index (χ4v) is 2.93. The lowest BCUT2D eigenvalue weighted by atomic mass is 10.1. The molecule has 6 heteroatoms. The van der Waals surface area contributed by atoms with Gasteiger partial charge in [0, 0.05) is 28.5 Å². The van der Waals surface area contributed by atoms with Crippen LogP contribution in [0, 0.1) is 19.7 Å². The van der Waals surface area contributed by atoms with Gasteiger partial charge < -0.3 is 9.88 Å². The topological polar surface area (TPSA) is 51.1 Å².